The molecule has 0 aliphatic carbocycles. The highest BCUT2D eigenvalue weighted by atomic mass is 32.2. The summed E-state index contributed by atoms with van der Waals surface area (Å²) < 4.78 is 26.5. The fourth-order valence-electron chi connectivity index (χ4n) is 0.813. The SMILES string of the molecule is C=C(C)C=NS(=O)(=O)c1ccccc1. The number of rotatable bonds is 3. The standard InChI is InChI=1S/C10H11NO2S/c1-9(2)8-11-14(12,13)10-6-4-3-5-7-10/h3-8H,1H2,2H3. The quantitative estimate of drug-likeness (QED) is 0.715. The van der Waals surface area contributed by atoms with Crippen molar-refractivity contribution in [2.75, 3.05) is 0 Å². The molecular weight excluding hydrogens is 198 g/mol. The van der Waals surface area contributed by atoms with E-state index in [-0.39, 0.29) is 4.90 Å². The number of sulfonamides is 1. The average molecular weight is 209 g/mol. The van der Waals surface area contributed by atoms with Crippen LogP contribution in [0.4, 0.5) is 0 Å². The van der Waals surface area contributed by atoms with Crippen molar-refractivity contribution in [3.63, 3.8) is 0 Å². The van der Waals surface area contributed by atoms with Gasteiger partial charge in [0.25, 0.3) is 10.0 Å². The second kappa shape index (κ2) is 4.19. The van der Waals surface area contributed by atoms with Gasteiger partial charge in [-0.15, -0.1) is 0 Å². The summed E-state index contributed by atoms with van der Waals surface area (Å²) in [6.45, 7) is 5.22. The molecule has 0 saturated heterocycles. The third-order valence-electron chi connectivity index (χ3n) is 1.45. The van der Waals surface area contributed by atoms with Crippen LogP contribution >= 0.6 is 0 Å². The topological polar surface area (TPSA) is 46.5 Å². The number of hydrogen-bond donors (Lipinski definition) is 0. The molecule has 1 aromatic carbocycles. The van der Waals surface area contributed by atoms with E-state index >= 15 is 0 Å². The number of allylic oxidation sites excluding steroid dienone is 1. The average Bonchev–Trinajstić information content (AvgIpc) is 2.16. The summed E-state index contributed by atoms with van der Waals surface area (Å²) in [5.41, 5.74) is 0.601. The third kappa shape index (κ3) is 2.81. The Morgan fingerprint density at radius 3 is 2.43 bits per heavy atom. The maximum atomic E-state index is 11.5. The van der Waals surface area contributed by atoms with E-state index in [1.165, 1.54) is 18.3 Å². The van der Waals surface area contributed by atoms with Gasteiger partial charge in [0.05, 0.1) is 4.90 Å². The molecule has 0 heterocycles. The molecule has 0 amide bonds. The van der Waals surface area contributed by atoms with Gasteiger partial charge in [-0.2, -0.15) is 12.8 Å². The number of hydrogen-bond acceptors (Lipinski definition) is 2. The van der Waals surface area contributed by atoms with Crippen molar-refractivity contribution in [1.29, 1.82) is 0 Å². The van der Waals surface area contributed by atoms with Gasteiger partial charge in [0.2, 0.25) is 0 Å². The van der Waals surface area contributed by atoms with Crippen molar-refractivity contribution in [2.24, 2.45) is 4.40 Å². The predicted molar refractivity (Wildman–Crippen MR) is 56.9 cm³/mol. The lowest BCUT2D eigenvalue weighted by atomic mass is 10.4. The van der Waals surface area contributed by atoms with Crippen molar-refractivity contribution in [1.82, 2.24) is 0 Å². The van der Waals surface area contributed by atoms with E-state index in [0.29, 0.717) is 5.57 Å². The van der Waals surface area contributed by atoms with Crippen LogP contribution in [0.2, 0.25) is 0 Å². The molecule has 0 unspecified atom stereocenters. The molecule has 0 aliphatic heterocycles. The zero-order valence-electron chi connectivity index (χ0n) is 7.84. The van der Waals surface area contributed by atoms with Gasteiger partial charge < -0.3 is 0 Å². The molecule has 3 nitrogen and oxygen atoms in total. The lowest BCUT2D eigenvalue weighted by Gasteiger charge is -1.96. The molecule has 0 fully saturated rings. The fourth-order valence-corrected chi connectivity index (χ4v) is 1.75. The Balaban J connectivity index is 3.05. The van der Waals surface area contributed by atoms with Crippen LogP contribution in [0.15, 0.2) is 51.8 Å². The molecular formula is C10H11NO2S. The Kier molecular flexibility index (Phi) is 3.19. The van der Waals surface area contributed by atoms with Crippen molar-refractivity contribution >= 4 is 16.2 Å². The van der Waals surface area contributed by atoms with Crippen molar-refractivity contribution in [3.8, 4) is 0 Å². The first-order valence-corrected chi connectivity index (χ1v) is 5.47. The summed E-state index contributed by atoms with van der Waals surface area (Å²) in [6, 6.07) is 8.07. The Morgan fingerprint density at radius 1 is 1.36 bits per heavy atom. The van der Waals surface area contributed by atoms with Crippen LogP contribution in [0.25, 0.3) is 0 Å². The monoisotopic (exact) mass is 209 g/mol. The molecule has 14 heavy (non-hydrogen) atoms. The first-order chi connectivity index (χ1) is 6.52. The van der Waals surface area contributed by atoms with Crippen LogP contribution in [0.3, 0.4) is 0 Å². The normalized spacial score (nSPS) is 11.8. The van der Waals surface area contributed by atoms with Gasteiger partial charge in [-0.3, -0.25) is 0 Å². The summed E-state index contributed by atoms with van der Waals surface area (Å²) >= 11 is 0. The van der Waals surface area contributed by atoms with Gasteiger partial charge in [-0.1, -0.05) is 24.8 Å². The van der Waals surface area contributed by atoms with Crippen molar-refractivity contribution in [2.45, 2.75) is 11.8 Å². The van der Waals surface area contributed by atoms with Gasteiger partial charge in [-0.05, 0) is 24.6 Å². The first-order valence-electron chi connectivity index (χ1n) is 4.03. The molecule has 0 radical (unpaired) electrons. The van der Waals surface area contributed by atoms with Gasteiger partial charge in [0, 0.05) is 6.21 Å². The number of benzene rings is 1. The maximum absolute atomic E-state index is 11.5. The van der Waals surface area contributed by atoms with E-state index in [4.69, 9.17) is 0 Å². The van der Waals surface area contributed by atoms with E-state index in [1.54, 1.807) is 25.1 Å². The molecule has 0 saturated carbocycles. The van der Waals surface area contributed by atoms with Crippen LogP contribution in [-0.2, 0) is 10.0 Å². The fraction of sp³-hybridized carbons (Fsp3) is 0.100. The molecule has 0 spiro atoms. The Bertz CT molecular complexity index is 446. The van der Waals surface area contributed by atoms with E-state index in [9.17, 15) is 8.42 Å². The molecule has 0 N–H and O–H groups in total. The van der Waals surface area contributed by atoms with E-state index < -0.39 is 10.0 Å². The number of nitrogens with zero attached hydrogens (tertiary/aromatic N) is 1. The Hall–Kier alpha value is -1.42. The zero-order valence-corrected chi connectivity index (χ0v) is 8.66. The first kappa shape index (κ1) is 10.7. The Morgan fingerprint density at radius 2 is 1.93 bits per heavy atom. The van der Waals surface area contributed by atoms with Gasteiger partial charge >= 0.3 is 0 Å². The molecule has 1 rings (SSSR count). The second-order valence-electron chi connectivity index (χ2n) is 2.87. The Labute approximate surface area is 83.9 Å². The highest BCUT2D eigenvalue weighted by Gasteiger charge is 2.09. The molecule has 4 heteroatoms. The largest absolute Gasteiger partial charge is 0.282 e. The molecule has 0 atom stereocenters. The zero-order chi connectivity index (χ0) is 10.6. The molecule has 0 aromatic heterocycles. The highest BCUT2D eigenvalue weighted by molar-refractivity contribution is 7.90. The highest BCUT2D eigenvalue weighted by Crippen LogP contribution is 2.10. The molecule has 0 aliphatic rings. The van der Waals surface area contributed by atoms with Gasteiger partial charge in [0.15, 0.2) is 0 Å². The maximum Gasteiger partial charge on any atom is 0.282 e. The molecule has 74 valence electrons. The van der Waals surface area contributed by atoms with E-state index in [2.05, 4.69) is 11.0 Å². The summed E-state index contributed by atoms with van der Waals surface area (Å²) in [6.07, 6.45) is 1.24. The summed E-state index contributed by atoms with van der Waals surface area (Å²) in [5.74, 6) is 0. The van der Waals surface area contributed by atoms with E-state index in [0.717, 1.165) is 0 Å². The predicted octanol–water partition coefficient (Wildman–Crippen LogP) is 2.02. The summed E-state index contributed by atoms with van der Waals surface area (Å²) in [5, 5.41) is 0. The van der Waals surface area contributed by atoms with E-state index in [1.807, 2.05) is 0 Å². The van der Waals surface area contributed by atoms with Crippen molar-refractivity contribution in [3.05, 3.63) is 42.5 Å². The summed E-state index contributed by atoms with van der Waals surface area (Å²) in [7, 11) is -3.55. The van der Waals surface area contributed by atoms with Crippen LogP contribution < -0.4 is 0 Å². The minimum atomic E-state index is -3.55. The van der Waals surface area contributed by atoms with Crippen LogP contribution in [0.5, 0.6) is 0 Å². The third-order valence-corrected chi connectivity index (χ3v) is 2.70. The lowest BCUT2D eigenvalue weighted by Crippen LogP contribution is -1.96. The van der Waals surface area contributed by atoms with Gasteiger partial charge in [0.1, 0.15) is 0 Å². The van der Waals surface area contributed by atoms with Crippen LogP contribution in [-0.4, -0.2) is 14.6 Å². The minimum Gasteiger partial charge on any atom is -0.199 e. The smallest absolute Gasteiger partial charge is 0.199 e. The minimum absolute atomic E-state index is 0.192. The molecule has 1 aromatic rings. The van der Waals surface area contributed by atoms with Crippen LogP contribution in [0, 0.1) is 0 Å². The lowest BCUT2D eigenvalue weighted by molar-refractivity contribution is 0.598. The second-order valence-corrected chi connectivity index (χ2v) is 4.50. The van der Waals surface area contributed by atoms with Crippen molar-refractivity contribution < 1.29 is 8.42 Å². The molecule has 0 bridgehead atoms. The van der Waals surface area contributed by atoms with Gasteiger partial charge in [-0.25, -0.2) is 0 Å². The summed E-state index contributed by atoms with van der Waals surface area (Å²) in [4.78, 5) is 0.192. The van der Waals surface area contributed by atoms with Crippen LogP contribution in [0.1, 0.15) is 6.92 Å².